The Morgan fingerprint density at radius 3 is 2.70 bits per heavy atom. The molecule has 1 atom stereocenters. The minimum absolute atomic E-state index is 0.0921. The Labute approximate surface area is 141 Å². The molecule has 0 radical (unpaired) electrons. The summed E-state index contributed by atoms with van der Waals surface area (Å²) in [5.74, 6) is -0.708. The first kappa shape index (κ1) is 17.1. The van der Waals surface area contributed by atoms with Gasteiger partial charge in [0.15, 0.2) is 6.10 Å². The van der Waals surface area contributed by atoms with Gasteiger partial charge >= 0.3 is 5.97 Å². The van der Waals surface area contributed by atoms with E-state index in [-0.39, 0.29) is 18.2 Å². The number of carboxylic acids is 1. The van der Waals surface area contributed by atoms with Gasteiger partial charge in [0.25, 0.3) is 5.91 Å². The number of hydrogen-bond donors (Lipinski definition) is 2. The average Bonchev–Trinajstić information content (AvgIpc) is 2.96. The monoisotopic (exact) mass is 381 g/mol. The maximum absolute atomic E-state index is 12.0. The topological polar surface area (TPSA) is 88.8 Å². The van der Waals surface area contributed by atoms with Crippen LogP contribution in [0.15, 0.2) is 39.2 Å². The fraction of sp³-hybridized carbons (Fsp3) is 0.250. The van der Waals surface area contributed by atoms with Crippen molar-refractivity contribution in [2.24, 2.45) is 0 Å². The van der Waals surface area contributed by atoms with E-state index in [1.807, 2.05) is 19.1 Å². The van der Waals surface area contributed by atoms with E-state index >= 15 is 0 Å². The molecule has 122 valence electrons. The molecular formula is C16H16BrNO5. The Morgan fingerprint density at radius 2 is 2.09 bits per heavy atom. The second kappa shape index (κ2) is 7.32. The number of amides is 1. The van der Waals surface area contributed by atoms with Gasteiger partial charge in [0, 0.05) is 0 Å². The number of aromatic carboxylic acids is 1. The zero-order valence-electron chi connectivity index (χ0n) is 12.6. The zero-order valence-corrected chi connectivity index (χ0v) is 14.2. The van der Waals surface area contributed by atoms with Gasteiger partial charge in [0.2, 0.25) is 5.76 Å². The number of carbonyl (C=O) groups excluding carboxylic acids is 1. The van der Waals surface area contributed by atoms with Crippen LogP contribution in [0.3, 0.4) is 0 Å². The maximum atomic E-state index is 12.0. The van der Waals surface area contributed by atoms with E-state index < -0.39 is 12.1 Å². The van der Waals surface area contributed by atoms with Crippen LogP contribution in [-0.2, 0) is 11.3 Å². The van der Waals surface area contributed by atoms with Crippen molar-refractivity contribution in [2.45, 2.75) is 26.5 Å². The number of rotatable bonds is 6. The molecule has 0 saturated carbocycles. The van der Waals surface area contributed by atoms with Crippen LogP contribution in [0, 0.1) is 6.92 Å². The van der Waals surface area contributed by atoms with E-state index in [0.29, 0.717) is 11.5 Å². The predicted octanol–water partition coefficient (Wildman–Crippen LogP) is 3.13. The molecule has 2 aromatic rings. The molecule has 0 spiro atoms. The Morgan fingerprint density at radius 1 is 1.35 bits per heavy atom. The lowest BCUT2D eigenvalue weighted by Gasteiger charge is -2.15. The molecule has 0 aliphatic heterocycles. The van der Waals surface area contributed by atoms with Gasteiger partial charge in [0.05, 0.1) is 11.0 Å². The lowest BCUT2D eigenvalue weighted by molar-refractivity contribution is -0.127. The molecule has 1 aromatic heterocycles. The number of ether oxygens (including phenoxy) is 1. The normalized spacial score (nSPS) is 11.8. The van der Waals surface area contributed by atoms with Gasteiger partial charge in [-0.25, -0.2) is 4.79 Å². The number of carboxylic acid groups (broad SMARTS) is 1. The van der Waals surface area contributed by atoms with E-state index in [1.54, 1.807) is 13.0 Å². The number of carbonyl (C=O) groups is 2. The van der Waals surface area contributed by atoms with E-state index in [0.717, 1.165) is 10.0 Å². The summed E-state index contributed by atoms with van der Waals surface area (Å²) in [6.45, 7) is 3.68. The van der Waals surface area contributed by atoms with Gasteiger partial charge in [-0.15, -0.1) is 0 Å². The molecule has 6 nitrogen and oxygen atoms in total. The largest absolute Gasteiger partial charge is 0.480 e. The van der Waals surface area contributed by atoms with Crippen LogP contribution < -0.4 is 10.1 Å². The van der Waals surface area contributed by atoms with E-state index in [2.05, 4.69) is 21.2 Å². The highest BCUT2D eigenvalue weighted by atomic mass is 79.9. The summed E-state index contributed by atoms with van der Waals surface area (Å²) in [6, 6.07) is 8.42. The summed E-state index contributed by atoms with van der Waals surface area (Å²) in [5.41, 5.74) is 1.08. The molecule has 0 bridgehead atoms. The van der Waals surface area contributed by atoms with Crippen LogP contribution in [0.2, 0.25) is 0 Å². The third kappa shape index (κ3) is 4.59. The Hall–Kier alpha value is -2.28. The Balaban J connectivity index is 1.90. The molecule has 1 heterocycles. The van der Waals surface area contributed by atoms with Crippen LogP contribution in [-0.4, -0.2) is 23.1 Å². The van der Waals surface area contributed by atoms with E-state index in [4.69, 9.17) is 14.3 Å². The van der Waals surface area contributed by atoms with Crippen molar-refractivity contribution in [3.63, 3.8) is 0 Å². The fourth-order valence-corrected chi connectivity index (χ4v) is 2.44. The molecule has 1 aromatic carbocycles. The lowest BCUT2D eigenvalue weighted by atomic mass is 10.2. The van der Waals surface area contributed by atoms with Crippen molar-refractivity contribution in [1.82, 2.24) is 5.32 Å². The first-order valence-electron chi connectivity index (χ1n) is 6.89. The van der Waals surface area contributed by atoms with Crippen molar-refractivity contribution in [3.8, 4) is 5.75 Å². The Bertz CT molecular complexity index is 725. The molecule has 0 saturated heterocycles. The molecule has 23 heavy (non-hydrogen) atoms. The summed E-state index contributed by atoms with van der Waals surface area (Å²) in [5, 5.41) is 11.4. The summed E-state index contributed by atoms with van der Waals surface area (Å²) >= 11 is 3.39. The SMILES string of the molecule is Cc1ccc(OC(C)C(=O)NCc2ccc(C(=O)O)o2)c(Br)c1. The second-order valence-electron chi connectivity index (χ2n) is 4.98. The molecule has 0 fully saturated rings. The third-order valence-electron chi connectivity index (χ3n) is 3.07. The molecule has 7 heteroatoms. The number of benzene rings is 1. The first-order chi connectivity index (χ1) is 10.9. The maximum Gasteiger partial charge on any atom is 0.371 e. The molecule has 1 amide bonds. The van der Waals surface area contributed by atoms with Crippen molar-refractivity contribution in [2.75, 3.05) is 0 Å². The third-order valence-corrected chi connectivity index (χ3v) is 3.69. The summed E-state index contributed by atoms with van der Waals surface area (Å²) in [4.78, 5) is 22.7. The average molecular weight is 382 g/mol. The highest BCUT2D eigenvalue weighted by molar-refractivity contribution is 9.10. The number of hydrogen-bond acceptors (Lipinski definition) is 4. The summed E-state index contributed by atoms with van der Waals surface area (Å²) < 4.78 is 11.4. The summed E-state index contributed by atoms with van der Waals surface area (Å²) in [6.07, 6.45) is -0.706. The molecule has 2 N–H and O–H groups in total. The van der Waals surface area contributed by atoms with Crippen LogP contribution in [0.1, 0.15) is 28.8 Å². The van der Waals surface area contributed by atoms with E-state index in [1.165, 1.54) is 12.1 Å². The predicted molar refractivity (Wildman–Crippen MR) is 86.5 cm³/mol. The van der Waals surface area contributed by atoms with Crippen molar-refractivity contribution in [1.29, 1.82) is 0 Å². The van der Waals surface area contributed by atoms with E-state index in [9.17, 15) is 9.59 Å². The molecular weight excluding hydrogens is 366 g/mol. The van der Waals surface area contributed by atoms with Crippen LogP contribution >= 0.6 is 15.9 Å². The molecule has 0 aliphatic rings. The van der Waals surface area contributed by atoms with Crippen molar-refractivity contribution in [3.05, 3.63) is 51.9 Å². The summed E-state index contributed by atoms with van der Waals surface area (Å²) in [7, 11) is 0. The zero-order chi connectivity index (χ0) is 17.0. The van der Waals surface area contributed by atoms with Gasteiger partial charge in [-0.3, -0.25) is 4.79 Å². The quantitative estimate of drug-likeness (QED) is 0.802. The van der Waals surface area contributed by atoms with Crippen molar-refractivity contribution < 1.29 is 23.8 Å². The van der Waals surface area contributed by atoms with Gasteiger partial charge in [-0.2, -0.15) is 0 Å². The minimum Gasteiger partial charge on any atom is -0.480 e. The number of nitrogens with one attached hydrogen (secondary N) is 1. The van der Waals surface area contributed by atoms with Crippen molar-refractivity contribution >= 4 is 27.8 Å². The number of furan rings is 1. The van der Waals surface area contributed by atoms with Gasteiger partial charge in [-0.05, 0) is 59.6 Å². The van der Waals surface area contributed by atoms with Crippen LogP contribution in [0.25, 0.3) is 0 Å². The van der Waals surface area contributed by atoms with Gasteiger partial charge in [0.1, 0.15) is 11.5 Å². The lowest BCUT2D eigenvalue weighted by Crippen LogP contribution is -2.35. The van der Waals surface area contributed by atoms with Gasteiger partial charge in [-0.1, -0.05) is 6.07 Å². The molecule has 0 aliphatic carbocycles. The number of aryl methyl sites for hydroxylation is 1. The first-order valence-corrected chi connectivity index (χ1v) is 7.68. The Kier molecular flexibility index (Phi) is 5.44. The fourth-order valence-electron chi connectivity index (χ4n) is 1.85. The minimum atomic E-state index is -1.15. The smallest absolute Gasteiger partial charge is 0.371 e. The highest BCUT2D eigenvalue weighted by Gasteiger charge is 2.17. The van der Waals surface area contributed by atoms with Gasteiger partial charge < -0.3 is 19.6 Å². The molecule has 1 unspecified atom stereocenters. The standard InChI is InChI=1S/C16H16BrNO5/c1-9-3-5-13(12(17)7-9)22-10(2)15(19)18-8-11-4-6-14(23-11)16(20)21/h3-7,10H,8H2,1-2H3,(H,18,19)(H,20,21). The van der Waals surface area contributed by atoms with Crippen LogP contribution in [0.5, 0.6) is 5.75 Å². The number of halogens is 1. The molecule has 2 rings (SSSR count). The van der Waals surface area contributed by atoms with Crippen LogP contribution in [0.4, 0.5) is 0 Å². The highest BCUT2D eigenvalue weighted by Crippen LogP contribution is 2.26. The second-order valence-corrected chi connectivity index (χ2v) is 5.84.